The first-order valence-electron chi connectivity index (χ1n) is 6.58. The van der Waals surface area contributed by atoms with Crippen LogP contribution in [-0.2, 0) is 4.79 Å². The molecule has 0 radical (unpaired) electrons. The Morgan fingerprint density at radius 2 is 2.15 bits per heavy atom. The van der Waals surface area contributed by atoms with Gasteiger partial charge in [0.05, 0.1) is 17.2 Å². The summed E-state index contributed by atoms with van der Waals surface area (Å²) >= 11 is 5.89. The number of carbonyl (C=O) groups is 2. The number of halogens is 2. The Bertz CT molecular complexity index is 579. The quantitative estimate of drug-likeness (QED) is 0.849. The number of nitrogens with one attached hydrogen (secondary N) is 1. The normalized spacial score (nSPS) is 25.3. The van der Waals surface area contributed by atoms with E-state index in [4.69, 9.17) is 11.6 Å². The molecule has 3 heterocycles. The molecule has 4 rings (SSSR count). The first kappa shape index (κ1) is 13.4. The van der Waals surface area contributed by atoms with Crippen molar-refractivity contribution in [2.45, 2.75) is 18.9 Å². The highest BCUT2D eigenvalue weighted by molar-refractivity contribution is 6.31. The molecule has 0 spiro atoms. The van der Waals surface area contributed by atoms with Crippen molar-refractivity contribution < 1.29 is 14.0 Å². The molecule has 2 atom stereocenters. The summed E-state index contributed by atoms with van der Waals surface area (Å²) in [7, 11) is 0. The van der Waals surface area contributed by atoms with Gasteiger partial charge in [-0.2, -0.15) is 0 Å². The van der Waals surface area contributed by atoms with Crippen molar-refractivity contribution >= 4 is 29.5 Å². The van der Waals surface area contributed by atoms with Gasteiger partial charge in [-0.15, -0.1) is 0 Å². The van der Waals surface area contributed by atoms with Crippen LogP contribution < -0.4 is 10.2 Å². The molecule has 6 heteroatoms. The fraction of sp³-hybridized carbons (Fsp3) is 0.429. The number of anilines is 1. The summed E-state index contributed by atoms with van der Waals surface area (Å²) in [6.07, 6.45) is 2.24. The van der Waals surface area contributed by atoms with Crippen molar-refractivity contribution in [2.24, 2.45) is 5.92 Å². The van der Waals surface area contributed by atoms with Crippen LogP contribution in [-0.4, -0.2) is 31.3 Å². The van der Waals surface area contributed by atoms with E-state index in [0.717, 1.165) is 18.9 Å². The van der Waals surface area contributed by atoms with Crippen LogP contribution in [0.4, 0.5) is 10.1 Å². The number of carbonyl (C=O) groups excluding carboxylic acids is 2. The lowest BCUT2D eigenvalue weighted by molar-refractivity contribution is -0.126. The molecule has 1 aromatic carbocycles. The first-order valence-corrected chi connectivity index (χ1v) is 6.96. The largest absolute Gasteiger partial charge is 0.368 e. The number of hydrogen-bond donors (Lipinski definition) is 1. The number of hydrogen-bond acceptors (Lipinski definition) is 3. The summed E-state index contributed by atoms with van der Waals surface area (Å²) in [6, 6.07) is 2.76. The van der Waals surface area contributed by atoms with E-state index in [9.17, 15) is 14.0 Å². The minimum absolute atomic E-state index is 0.00292. The van der Waals surface area contributed by atoms with Crippen LogP contribution in [0.5, 0.6) is 0 Å². The van der Waals surface area contributed by atoms with E-state index in [2.05, 4.69) is 5.32 Å². The molecule has 1 amide bonds. The number of benzene rings is 1. The predicted octanol–water partition coefficient (Wildman–Crippen LogP) is 2.01. The Balaban J connectivity index is 2.01. The average Bonchev–Trinajstić information content (AvgIpc) is 2.68. The van der Waals surface area contributed by atoms with Crippen molar-refractivity contribution in [1.82, 2.24) is 5.32 Å². The van der Waals surface area contributed by atoms with E-state index in [1.807, 2.05) is 4.90 Å². The van der Waals surface area contributed by atoms with Crippen LogP contribution in [0.15, 0.2) is 12.1 Å². The molecule has 106 valence electrons. The molecule has 0 aromatic heterocycles. The summed E-state index contributed by atoms with van der Waals surface area (Å²) in [5, 5.41) is 3.20. The Kier molecular flexibility index (Phi) is 3.38. The molecule has 4 nitrogen and oxygen atoms in total. The van der Waals surface area contributed by atoms with Crippen LogP contribution in [0.2, 0.25) is 5.02 Å². The molecule has 2 bridgehead atoms. The van der Waals surface area contributed by atoms with E-state index >= 15 is 0 Å². The van der Waals surface area contributed by atoms with Crippen molar-refractivity contribution in [3.63, 3.8) is 0 Å². The van der Waals surface area contributed by atoms with Crippen LogP contribution >= 0.6 is 11.6 Å². The second-order valence-electron chi connectivity index (χ2n) is 5.32. The first-order chi connectivity index (χ1) is 9.58. The van der Waals surface area contributed by atoms with E-state index < -0.39 is 5.82 Å². The van der Waals surface area contributed by atoms with Gasteiger partial charge in [-0.25, -0.2) is 4.39 Å². The highest BCUT2D eigenvalue weighted by atomic mass is 35.5. The lowest BCUT2D eigenvalue weighted by Crippen LogP contribution is -2.43. The maximum atomic E-state index is 13.8. The molecule has 3 aliphatic rings. The fourth-order valence-corrected chi connectivity index (χ4v) is 3.19. The number of rotatable bonds is 2. The molecular weight excluding hydrogens is 283 g/mol. The molecule has 1 N–H and O–H groups in total. The second kappa shape index (κ2) is 5.05. The Morgan fingerprint density at radius 3 is 2.85 bits per heavy atom. The van der Waals surface area contributed by atoms with Crippen LogP contribution in [0.1, 0.15) is 23.2 Å². The van der Waals surface area contributed by atoms with Crippen LogP contribution in [0, 0.1) is 11.7 Å². The van der Waals surface area contributed by atoms with Gasteiger partial charge in [0, 0.05) is 24.2 Å². The molecule has 1 aromatic rings. The maximum absolute atomic E-state index is 13.8. The summed E-state index contributed by atoms with van der Waals surface area (Å²) in [5.41, 5.74) is 0.474. The number of piperidine rings is 1. The number of amides is 1. The number of fused-ring (bicyclic) bond motifs is 4. The smallest absolute Gasteiger partial charge is 0.225 e. The van der Waals surface area contributed by atoms with Crippen LogP contribution in [0.25, 0.3) is 0 Å². The summed E-state index contributed by atoms with van der Waals surface area (Å²) < 4.78 is 13.8. The molecule has 0 aliphatic carbocycles. The molecular formula is C14H14ClFN2O2. The monoisotopic (exact) mass is 296 g/mol. The van der Waals surface area contributed by atoms with Gasteiger partial charge >= 0.3 is 0 Å². The lowest BCUT2D eigenvalue weighted by atomic mass is 9.96. The van der Waals surface area contributed by atoms with Crippen molar-refractivity contribution in [2.75, 3.05) is 18.0 Å². The third kappa shape index (κ3) is 2.26. The SMILES string of the molecule is O=Cc1c(F)cc(Cl)cc1N1CC2CC[C@@H](C1)NC2=O. The zero-order valence-electron chi connectivity index (χ0n) is 10.7. The minimum Gasteiger partial charge on any atom is -0.368 e. The van der Waals surface area contributed by atoms with Crippen molar-refractivity contribution in [3.05, 3.63) is 28.5 Å². The van der Waals surface area contributed by atoms with Gasteiger partial charge in [0.25, 0.3) is 0 Å². The summed E-state index contributed by atoms with van der Waals surface area (Å²) in [6.45, 7) is 1.06. The number of aldehydes is 1. The fourth-order valence-electron chi connectivity index (χ4n) is 2.99. The van der Waals surface area contributed by atoms with E-state index in [-0.39, 0.29) is 28.5 Å². The molecule has 3 saturated heterocycles. The topological polar surface area (TPSA) is 49.4 Å². The van der Waals surface area contributed by atoms with Crippen LogP contribution in [0.3, 0.4) is 0 Å². The highest BCUT2D eigenvalue weighted by Gasteiger charge is 2.35. The molecule has 0 saturated carbocycles. The molecule has 1 unspecified atom stereocenters. The Labute approximate surface area is 120 Å². The zero-order chi connectivity index (χ0) is 14.3. The lowest BCUT2D eigenvalue weighted by Gasteiger charge is -2.26. The second-order valence-corrected chi connectivity index (χ2v) is 5.76. The third-order valence-electron chi connectivity index (χ3n) is 3.99. The molecule has 20 heavy (non-hydrogen) atoms. The minimum atomic E-state index is -0.627. The van der Waals surface area contributed by atoms with Gasteiger partial charge in [-0.05, 0) is 25.0 Å². The third-order valence-corrected chi connectivity index (χ3v) is 4.21. The highest BCUT2D eigenvalue weighted by Crippen LogP contribution is 2.31. The van der Waals surface area contributed by atoms with E-state index in [0.29, 0.717) is 25.1 Å². The Morgan fingerprint density at radius 1 is 1.35 bits per heavy atom. The zero-order valence-corrected chi connectivity index (χ0v) is 11.5. The maximum Gasteiger partial charge on any atom is 0.225 e. The standard InChI is InChI=1S/C14H14ClFN2O2/c15-9-3-12(16)11(7-19)13(4-9)18-5-8-1-2-10(6-18)17-14(8)20/h3-4,7-8,10H,1-2,5-6H2,(H,17,20)/t8?,10-/m0/s1. The van der Waals surface area contributed by atoms with Crippen molar-refractivity contribution in [3.8, 4) is 0 Å². The Hall–Kier alpha value is -1.62. The van der Waals surface area contributed by atoms with Gasteiger partial charge in [0.2, 0.25) is 5.91 Å². The van der Waals surface area contributed by atoms with Gasteiger partial charge in [0.1, 0.15) is 5.82 Å². The average molecular weight is 297 g/mol. The van der Waals surface area contributed by atoms with Crippen molar-refractivity contribution in [1.29, 1.82) is 0 Å². The molecule has 3 aliphatic heterocycles. The van der Waals surface area contributed by atoms with Gasteiger partial charge < -0.3 is 10.2 Å². The summed E-state index contributed by atoms with van der Waals surface area (Å²) in [4.78, 5) is 24.9. The number of nitrogens with zero attached hydrogens (tertiary/aromatic N) is 1. The predicted molar refractivity (Wildman–Crippen MR) is 73.7 cm³/mol. The summed E-state index contributed by atoms with van der Waals surface area (Å²) in [5.74, 6) is -0.701. The van der Waals surface area contributed by atoms with Gasteiger partial charge in [0.15, 0.2) is 6.29 Å². The van der Waals surface area contributed by atoms with Gasteiger partial charge in [-0.3, -0.25) is 9.59 Å². The van der Waals surface area contributed by atoms with Gasteiger partial charge in [-0.1, -0.05) is 11.6 Å². The van der Waals surface area contributed by atoms with E-state index in [1.165, 1.54) is 0 Å². The molecule has 3 fully saturated rings. The van der Waals surface area contributed by atoms with E-state index in [1.54, 1.807) is 6.07 Å².